The Morgan fingerprint density at radius 1 is 1.05 bits per heavy atom. The van der Waals surface area contributed by atoms with Crippen molar-refractivity contribution < 1.29 is 14.5 Å². The molecule has 0 aromatic carbocycles. The zero-order chi connectivity index (χ0) is 16.3. The first-order valence-corrected chi connectivity index (χ1v) is 8.52. The summed E-state index contributed by atoms with van der Waals surface area (Å²) in [6.07, 6.45) is 6.29. The van der Waals surface area contributed by atoms with Crippen molar-refractivity contribution in [3.63, 3.8) is 0 Å². The third kappa shape index (κ3) is 3.49. The lowest BCUT2D eigenvalue weighted by Crippen LogP contribution is -3.16. The first-order chi connectivity index (χ1) is 10.4. The molecule has 0 spiro atoms. The number of Topliss-reactive ketones (excluding diaryl/α,β-unsaturated/α-hetero) is 2. The molecule has 1 atom stereocenters. The summed E-state index contributed by atoms with van der Waals surface area (Å²) in [5, 5.41) is 0. The van der Waals surface area contributed by atoms with Gasteiger partial charge in [-0.25, -0.2) is 0 Å². The van der Waals surface area contributed by atoms with Gasteiger partial charge in [-0.1, -0.05) is 6.42 Å². The van der Waals surface area contributed by atoms with Crippen molar-refractivity contribution in [1.82, 2.24) is 4.98 Å². The lowest BCUT2D eigenvalue weighted by Gasteiger charge is -2.26. The number of carbonyl (C=O) groups excluding carboxylic acids is 2. The maximum atomic E-state index is 12.9. The standard InChI is InChI=1S/C18H28N2O2/c1-12-16(15(4)21)13(2)19-17(12)18(22)14(3)20-10-8-6-5-7-9-11-20/h14,19H,5-11H2,1-4H3/p+1/t14-/m0/s1. The minimum atomic E-state index is -0.0466. The molecule has 1 aliphatic rings. The van der Waals surface area contributed by atoms with Crippen molar-refractivity contribution in [2.45, 2.75) is 65.8 Å². The van der Waals surface area contributed by atoms with Crippen LogP contribution in [0.4, 0.5) is 0 Å². The molecule has 0 amide bonds. The van der Waals surface area contributed by atoms with E-state index in [1.807, 2.05) is 20.8 Å². The molecule has 4 heteroatoms. The fourth-order valence-electron chi connectivity index (χ4n) is 3.72. The highest BCUT2D eigenvalue weighted by Gasteiger charge is 2.30. The van der Waals surface area contributed by atoms with Crippen LogP contribution in [0.25, 0.3) is 0 Å². The summed E-state index contributed by atoms with van der Waals surface area (Å²) in [6.45, 7) is 9.49. The molecule has 0 unspecified atom stereocenters. The van der Waals surface area contributed by atoms with Crippen LogP contribution >= 0.6 is 0 Å². The second-order valence-electron chi connectivity index (χ2n) is 6.69. The Balaban J connectivity index is 2.19. The van der Waals surface area contributed by atoms with Crippen molar-refractivity contribution in [3.05, 3.63) is 22.5 Å². The zero-order valence-electron chi connectivity index (χ0n) is 14.3. The largest absolute Gasteiger partial charge is 0.355 e. The number of likely N-dealkylation sites (tertiary alicyclic amines) is 1. The van der Waals surface area contributed by atoms with Crippen LogP contribution in [-0.4, -0.2) is 35.7 Å². The molecule has 1 fully saturated rings. The molecule has 2 rings (SSSR count). The van der Waals surface area contributed by atoms with Crippen LogP contribution in [0.2, 0.25) is 0 Å². The molecule has 122 valence electrons. The van der Waals surface area contributed by atoms with E-state index in [-0.39, 0.29) is 17.6 Å². The highest BCUT2D eigenvalue weighted by Crippen LogP contribution is 2.19. The van der Waals surface area contributed by atoms with Gasteiger partial charge in [0.1, 0.15) is 6.04 Å². The number of ketones is 2. The number of hydrogen-bond acceptors (Lipinski definition) is 2. The Kier molecular flexibility index (Phi) is 5.57. The summed E-state index contributed by atoms with van der Waals surface area (Å²) in [5.41, 5.74) is 2.93. The average molecular weight is 305 g/mol. The van der Waals surface area contributed by atoms with Crippen molar-refractivity contribution in [3.8, 4) is 0 Å². The second-order valence-corrected chi connectivity index (χ2v) is 6.69. The molecule has 0 aliphatic carbocycles. The normalized spacial score (nSPS) is 18.5. The van der Waals surface area contributed by atoms with Crippen molar-refractivity contribution in [2.24, 2.45) is 0 Å². The van der Waals surface area contributed by atoms with Gasteiger partial charge in [0.25, 0.3) is 0 Å². The molecule has 0 saturated carbocycles. The maximum absolute atomic E-state index is 12.9. The van der Waals surface area contributed by atoms with E-state index in [2.05, 4.69) is 4.98 Å². The van der Waals surface area contributed by atoms with Crippen LogP contribution in [0.5, 0.6) is 0 Å². The molecule has 1 aromatic heterocycles. The fourth-order valence-corrected chi connectivity index (χ4v) is 3.72. The lowest BCUT2D eigenvalue weighted by atomic mass is 10.0. The number of aromatic amines is 1. The number of carbonyl (C=O) groups is 2. The van der Waals surface area contributed by atoms with Crippen molar-refractivity contribution in [2.75, 3.05) is 13.1 Å². The molecule has 2 heterocycles. The quantitative estimate of drug-likeness (QED) is 0.838. The monoisotopic (exact) mass is 305 g/mol. The molecule has 0 bridgehead atoms. The first-order valence-electron chi connectivity index (χ1n) is 8.52. The number of nitrogens with one attached hydrogen (secondary N) is 2. The van der Waals surface area contributed by atoms with E-state index in [0.29, 0.717) is 11.3 Å². The first kappa shape index (κ1) is 16.9. The van der Waals surface area contributed by atoms with Gasteiger partial charge >= 0.3 is 0 Å². The Morgan fingerprint density at radius 2 is 1.59 bits per heavy atom. The molecule has 4 nitrogen and oxygen atoms in total. The summed E-state index contributed by atoms with van der Waals surface area (Å²) in [5.74, 6) is 0.167. The Labute approximate surface area is 133 Å². The predicted molar refractivity (Wildman–Crippen MR) is 87.8 cm³/mol. The van der Waals surface area contributed by atoms with Crippen LogP contribution in [0.3, 0.4) is 0 Å². The molecule has 22 heavy (non-hydrogen) atoms. The van der Waals surface area contributed by atoms with Crippen LogP contribution in [0, 0.1) is 13.8 Å². The van der Waals surface area contributed by atoms with Gasteiger partial charge in [-0.15, -0.1) is 0 Å². The van der Waals surface area contributed by atoms with Gasteiger partial charge in [0.2, 0.25) is 5.78 Å². The van der Waals surface area contributed by atoms with E-state index in [1.54, 1.807) is 6.92 Å². The van der Waals surface area contributed by atoms with E-state index in [9.17, 15) is 9.59 Å². The number of aromatic nitrogens is 1. The summed E-state index contributed by atoms with van der Waals surface area (Å²) >= 11 is 0. The van der Waals surface area contributed by atoms with E-state index >= 15 is 0 Å². The van der Waals surface area contributed by atoms with Gasteiger partial charge < -0.3 is 9.88 Å². The summed E-state index contributed by atoms with van der Waals surface area (Å²) in [7, 11) is 0. The number of hydrogen-bond donors (Lipinski definition) is 2. The summed E-state index contributed by atoms with van der Waals surface area (Å²) in [4.78, 5) is 29.2. The van der Waals surface area contributed by atoms with E-state index in [1.165, 1.54) is 37.0 Å². The van der Waals surface area contributed by atoms with Crippen molar-refractivity contribution >= 4 is 11.6 Å². The topological polar surface area (TPSA) is 54.4 Å². The SMILES string of the molecule is CC(=O)c1c(C)[nH]c(C(=O)[C@H](C)[NH+]2CCCCCCC2)c1C. The number of aryl methyl sites for hydroxylation is 1. The van der Waals surface area contributed by atoms with Crippen LogP contribution in [0.1, 0.15) is 78.1 Å². The van der Waals surface area contributed by atoms with Gasteiger partial charge in [0.05, 0.1) is 18.8 Å². The number of rotatable bonds is 4. The fraction of sp³-hybridized carbons (Fsp3) is 0.667. The predicted octanol–water partition coefficient (Wildman–Crippen LogP) is 2.25. The minimum Gasteiger partial charge on any atom is -0.355 e. The van der Waals surface area contributed by atoms with Crippen LogP contribution in [0.15, 0.2) is 0 Å². The maximum Gasteiger partial charge on any atom is 0.235 e. The molecule has 2 N–H and O–H groups in total. The molecular weight excluding hydrogens is 276 g/mol. The number of quaternary nitrogens is 1. The molecular formula is C18H29N2O2+. The zero-order valence-corrected chi connectivity index (χ0v) is 14.3. The average Bonchev–Trinajstić information content (AvgIpc) is 2.72. The highest BCUT2D eigenvalue weighted by molar-refractivity contribution is 6.04. The lowest BCUT2D eigenvalue weighted by molar-refractivity contribution is -0.914. The smallest absolute Gasteiger partial charge is 0.235 e. The van der Waals surface area contributed by atoms with Gasteiger partial charge in [-0.05, 0) is 58.9 Å². The Hall–Kier alpha value is -1.42. The van der Waals surface area contributed by atoms with E-state index in [0.717, 1.165) is 24.3 Å². The van der Waals surface area contributed by atoms with Gasteiger partial charge in [-0.3, -0.25) is 9.59 Å². The third-order valence-electron chi connectivity index (χ3n) is 5.04. The van der Waals surface area contributed by atoms with E-state index in [4.69, 9.17) is 0 Å². The van der Waals surface area contributed by atoms with Gasteiger partial charge in [0, 0.05) is 11.3 Å². The van der Waals surface area contributed by atoms with Crippen LogP contribution in [-0.2, 0) is 0 Å². The van der Waals surface area contributed by atoms with Gasteiger partial charge in [0.15, 0.2) is 5.78 Å². The second kappa shape index (κ2) is 7.23. The molecule has 1 aromatic rings. The summed E-state index contributed by atoms with van der Waals surface area (Å²) in [6, 6.07) is -0.0466. The van der Waals surface area contributed by atoms with Gasteiger partial charge in [-0.2, -0.15) is 0 Å². The Bertz CT molecular complexity index is 552. The van der Waals surface area contributed by atoms with E-state index < -0.39 is 0 Å². The Morgan fingerprint density at radius 3 is 2.09 bits per heavy atom. The van der Waals surface area contributed by atoms with Crippen LogP contribution < -0.4 is 4.90 Å². The molecule has 0 radical (unpaired) electrons. The minimum absolute atomic E-state index is 0.0246. The highest BCUT2D eigenvalue weighted by atomic mass is 16.1. The number of H-pyrrole nitrogens is 1. The third-order valence-corrected chi connectivity index (χ3v) is 5.04. The molecule has 1 aliphatic heterocycles. The van der Waals surface area contributed by atoms with Crippen molar-refractivity contribution in [1.29, 1.82) is 0 Å². The molecule has 1 saturated heterocycles. The summed E-state index contributed by atoms with van der Waals surface area (Å²) < 4.78 is 0.